The molecule has 23 heavy (non-hydrogen) atoms. The molecule has 0 N–H and O–H groups in total. The van der Waals surface area contributed by atoms with Gasteiger partial charge in [0.1, 0.15) is 11.6 Å². The molecule has 2 rings (SSSR count). The van der Waals surface area contributed by atoms with E-state index >= 15 is 0 Å². The monoisotopic (exact) mass is 335 g/mol. The summed E-state index contributed by atoms with van der Waals surface area (Å²) < 4.78 is 7.60. The number of nitrogens with zero attached hydrogens (tertiary/aromatic N) is 3. The number of imidazole rings is 1. The maximum absolute atomic E-state index is 12.1. The molecule has 1 heterocycles. The normalized spacial score (nSPS) is 10.6. The van der Waals surface area contributed by atoms with Crippen molar-refractivity contribution < 1.29 is 9.53 Å². The maximum Gasteiger partial charge on any atom is 0.224 e. The van der Waals surface area contributed by atoms with Crippen molar-refractivity contribution in [3.63, 3.8) is 0 Å². The Labute approximate surface area is 141 Å². The summed E-state index contributed by atoms with van der Waals surface area (Å²) in [6.07, 6.45) is 4.89. The standard InChI is InChI=1S/C17H22ClN3O2/c1-14-19-8-11-21(14)10-7-17(22)20(2)9-4-12-23-16-6-3-5-15(18)13-16/h3,5-6,8,11,13H,4,7,9-10,12H2,1-2H3. The van der Waals surface area contributed by atoms with Crippen LogP contribution in [0.2, 0.25) is 5.02 Å². The van der Waals surface area contributed by atoms with Gasteiger partial charge < -0.3 is 14.2 Å². The van der Waals surface area contributed by atoms with Crippen molar-refractivity contribution in [3.8, 4) is 5.75 Å². The molecule has 0 spiro atoms. The van der Waals surface area contributed by atoms with Crippen LogP contribution in [0.4, 0.5) is 0 Å². The van der Waals surface area contributed by atoms with Gasteiger partial charge in [0.25, 0.3) is 0 Å². The summed E-state index contributed by atoms with van der Waals surface area (Å²) in [5, 5.41) is 0.657. The van der Waals surface area contributed by atoms with Crippen LogP contribution in [0.15, 0.2) is 36.7 Å². The number of hydrogen-bond acceptors (Lipinski definition) is 3. The average Bonchev–Trinajstić information content (AvgIpc) is 2.94. The van der Waals surface area contributed by atoms with E-state index in [9.17, 15) is 4.79 Å². The van der Waals surface area contributed by atoms with E-state index in [0.29, 0.717) is 31.1 Å². The highest BCUT2D eigenvalue weighted by atomic mass is 35.5. The van der Waals surface area contributed by atoms with Crippen LogP contribution in [-0.2, 0) is 11.3 Å². The van der Waals surface area contributed by atoms with E-state index in [4.69, 9.17) is 16.3 Å². The Morgan fingerprint density at radius 2 is 2.26 bits per heavy atom. The van der Waals surface area contributed by atoms with Gasteiger partial charge in [-0.05, 0) is 31.5 Å². The second-order valence-corrected chi connectivity index (χ2v) is 5.83. The molecule has 0 unspecified atom stereocenters. The van der Waals surface area contributed by atoms with Crippen LogP contribution >= 0.6 is 11.6 Å². The predicted octanol–water partition coefficient (Wildman–Crippen LogP) is 3.16. The Morgan fingerprint density at radius 1 is 1.43 bits per heavy atom. The number of halogens is 1. The zero-order chi connectivity index (χ0) is 16.7. The number of aromatic nitrogens is 2. The zero-order valence-corrected chi connectivity index (χ0v) is 14.3. The molecule has 0 aliphatic carbocycles. The van der Waals surface area contributed by atoms with Crippen molar-refractivity contribution in [2.24, 2.45) is 0 Å². The number of amides is 1. The summed E-state index contributed by atoms with van der Waals surface area (Å²) >= 11 is 5.90. The first-order valence-corrected chi connectivity index (χ1v) is 8.04. The van der Waals surface area contributed by atoms with Crippen LogP contribution in [0.25, 0.3) is 0 Å². The second kappa shape index (κ2) is 8.58. The Kier molecular flexibility index (Phi) is 6.47. The molecule has 0 bridgehead atoms. The number of carbonyl (C=O) groups is 1. The lowest BCUT2D eigenvalue weighted by molar-refractivity contribution is -0.130. The third kappa shape index (κ3) is 5.60. The minimum Gasteiger partial charge on any atom is -0.493 e. The van der Waals surface area contributed by atoms with Crippen LogP contribution in [-0.4, -0.2) is 40.6 Å². The molecule has 0 aliphatic rings. The van der Waals surface area contributed by atoms with Crippen molar-refractivity contribution in [1.82, 2.24) is 14.5 Å². The van der Waals surface area contributed by atoms with E-state index in [1.165, 1.54) is 0 Å². The highest BCUT2D eigenvalue weighted by Crippen LogP contribution is 2.17. The van der Waals surface area contributed by atoms with Gasteiger partial charge in [-0.15, -0.1) is 0 Å². The Hall–Kier alpha value is -2.01. The Bertz CT molecular complexity index is 642. The first-order valence-electron chi connectivity index (χ1n) is 7.66. The molecule has 124 valence electrons. The van der Waals surface area contributed by atoms with Gasteiger partial charge in [0.15, 0.2) is 0 Å². The minimum atomic E-state index is 0.126. The number of benzene rings is 1. The highest BCUT2D eigenvalue weighted by Gasteiger charge is 2.09. The van der Waals surface area contributed by atoms with E-state index in [-0.39, 0.29) is 5.91 Å². The summed E-state index contributed by atoms with van der Waals surface area (Å²) in [6, 6.07) is 7.31. The lowest BCUT2D eigenvalue weighted by Gasteiger charge is -2.17. The summed E-state index contributed by atoms with van der Waals surface area (Å²) in [5.74, 6) is 1.80. The summed E-state index contributed by atoms with van der Waals surface area (Å²) in [5.41, 5.74) is 0. The van der Waals surface area contributed by atoms with Gasteiger partial charge in [0.2, 0.25) is 5.91 Å². The molecule has 0 aliphatic heterocycles. The molecular weight excluding hydrogens is 314 g/mol. The molecule has 6 heteroatoms. The van der Waals surface area contributed by atoms with Gasteiger partial charge >= 0.3 is 0 Å². The van der Waals surface area contributed by atoms with E-state index in [1.807, 2.05) is 42.9 Å². The van der Waals surface area contributed by atoms with Gasteiger partial charge in [-0.3, -0.25) is 4.79 Å². The maximum atomic E-state index is 12.1. The molecule has 0 atom stereocenters. The summed E-state index contributed by atoms with van der Waals surface area (Å²) in [4.78, 5) is 18.0. The lowest BCUT2D eigenvalue weighted by Crippen LogP contribution is -2.29. The Balaban J connectivity index is 1.65. The third-order valence-electron chi connectivity index (χ3n) is 3.62. The van der Waals surface area contributed by atoms with Crippen LogP contribution in [0.3, 0.4) is 0 Å². The van der Waals surface area contributed by atoms with Gasteiger partial charge in [0, 0.05) is 44.0 Å². The fraction of sp³-hybridized carbons (Fsp3) is 0.412. The van der Waals surface area contributed by atoms with Crippen molar-refractivity contribution in [2.45, 2.75) is 26.3 Å². The molecule has 5 nitrogen and oxygen atoms in total. The molecule has 1 amide bonds. The van der Waals surface area contributed by atoms with Crippen molar-refractivity contribution >= 4 is 17.5 Å². The van der Waals surface area contributed by atoms with Crippen LogP contribution in [0.5, 0.6) is 5.75 Å². The van der Waals surface area contributed by atoms with Crippen LogP contribution < -0.4 is 4.74 Å². The van der Waals surface area contributed by atoms with Gasteiger partial charge in [-0.1, -0.05) is 17.7 Å². The molecule has 1 aromatic carbocycles. The summed E-state index contributed by atoms with van der Waals surface area (Å²) in [7, 11) is 1.82. The molecule has 2 aromatic rings. The van der Waals surface area contributed by atoms with E-state index in [0.717, 1.165) is 18.0 Å². The molecule has 0 saturated carbocycles. The van der Waals surface area contributed by atoms with Crippen LogP contribution in [0.1, 0.15) is 18.7 Å². The van der Waals surface area contributed by atoms with Gasteiger partial charge in [0.05, 0.1) is 6.61 Å². The second-order valence-electron chi connectivity index (χ2n) is 5.39. The number of ether oxygens (including phenoxy) is 1. The van der Waals surface area contributed by atoms with Gasteiger partial charge in [-0.25, -0.2) is 4.98 Å². The molecule has 0 radical (unpaired) electrons. The number of carbonyl (C=O) groups excluding carboxylic acids is 1. The van der Waals surface area contributed by atoms with E-state index < -0.39 is 0 Å². The molecule has 0 fully saturated rings. The quantitative estimate of drug-likeness (QED) is 0.696. The molecule has 1 aromatic heterocycles. The topological polar surface area (TPSA) is 47.4 Å². The molecular formula is C17H22ClN3O2. The zero-order valence-electron chi connectivity index (χ0n) is 13.5. The van der Waals surface area contributed by atoms with E-state index in [2.05, 4.69) is 4.98 Å². The number of hydrogen-bond donors (Lipinski definition) is 0. The fourth-order valence-electron chi connectivity index (χ4n) is 2.22. The summed E-state index contributed by atoms with van der Waals surface area (Å²) in [6.45, 7) is 3.82. The average molecular weight is 336 g/mol. The molecule has 0 saturated heterocycles. The van der Waals surface area contributed by atoms with Crippen molar-refractivity contribution in [1.29, 1.82) is 0 Å². The highest BCUT2D eigenvalue weighted by molar-refractivity contribution is 6.30. The van der Waals surface area contributed by atoms with Crippen LogP contribution in [0, 0.1) is 6.92 Å². The third-order valence-corrected chi connectivity index (χ3v) is 3.85. The number of rotatable bonds is 8. The number of aryl methyl sites for hydroxylation is 2. The minimum absolute atomic E-state index is 0.126. The van der Waals surface area contributed by atoms with Crippen molar-refractivity contribution in [2.75, 3.05) is 20.2 Å². The van der Waals surface area contributed by atoms with Crippen molar-refractivity contribution in [3.05, 3.63) is 47.5 Å². The predicted molar refractivity (Wildman–Crippen MR) is 90.8 cm³/mol. The van der Waals surface area contributed by atoms with Gasteiger partial charge in [-0.2, -0.15) is 0 Å². The first kappa shape index (κ1) is 17.3. The Morgan fingerprint density at radius 3 is 2.96 bits per heavy atom. The lowest BCUT2D eigenvalue weighted by atomic mass is 10.3. The smallest absolute Gasteiger partial charge is 0.224 e. The van der Waals surface area contributed by atoms with E-state index in [1.54, 1.807) is 17.2 Å². The fourth-order valence-corrected chi connectivity index (χ4v) is 2.40. The SMILES string of the molecule is Cc1nccn1CCC(=O)N(C)CCCOc1cccc(Cl)c1. The largest absolute Gasteiger partial charge is 0.493 e. The first-order chi connectivity index (χ1) is 11.1.